The van der Waals surface area contributed by atoms with Crippen LogP contribution in [0.1, 0.15) is 18.4 Å². The molecule has 1 aromatic heterocycles. The van der Waals surface area contributed by atoms with E-state index in [1.54, 1.807) is 10.9 Å². The van der Waals surface area contributed by atoms with E-state index in [4.69, 9.17) is 5.14 Å². The minimum absolute atomic E-state index is 0.0830. The van der Waals surface area contributed by atoms with E-state index < -0.39 is 26.7 Å². The molecule has 11 heteroatoms. The fourth-order valence-corrected chi connectivity index (χ4v) is 3.97. The van der Waals surface area contributed by atoms with E-state index in [2.05, 4.69) is 15.3 Å². The number of rotatable bonds is 4. The molecule has 1 aliphatic rings. The van der Waals surface area contributed by atoms with Gasteiger partial charge in [-0.3, -0.25) is 4.68 Å². The maximum absolute atomic E-state index is 13.3. The molecule has 7 nitrogen and oxygen atoms in total. The Hall–Kier alpha value is -2.27. The van der Waals surface area contributed by atoms with Gasteiger partial charge in [0.05, 0.1) is 22.3 Å². The Balaban J connectivity index is 1.81. The zero-order chi connectivity index (χ0) is 19.8. The van der Waals surface area contributed by atoms with Gasteiger partial charge in [0, 0.05) is 38.1 Å². The summed E-state index contributed by atoms with van der Waals surface area (Å²) in [6.45, 7) is 1.44. The highest BCUT2D eigenvalue weighted by Gasteiger charge is 2.37. The van der Waals surface area contributed by atoms with Crippen LogP contribution in [0.15, 0.2) is 35.5 Å². The molecule has 3 N–H and O–H groups in total. The minimum atomic E-state index is -4.83. The second-order valence-corrected chi connectivity index (χ2v) is 8.09. The number of aromatic nitrogens is 2. The zero-order valence-corrected chi connectivity index (χ0v) is 15.4. The smallest absolute Gasteiger partial charge is 0.381 e. The largest absolute Gasteiger partial charge is 0.417 e. The van der Waals surface area contributed by atoms with Crippen molar-refractivity contribution >= 4 is 21.4 Å². The summed E-state index contributed by atoms with van der Waals surface area (Å²) in [6, 6.07) is 2.91. The van der Waals surface area contributed by atoms with Crippen LogP contribution >= 0.6 is 0 Å². The molecular weight excluding hydrogens is 383 g/mol. The van der Waals surface area contributed by atoms with E-state index in [0.29, 0.717) is 6.54 Å². The number of piperidine rings is 1. The summed E-state index contributed by atoms with van der Waals surface area (Å²) in [5.74, 6) is 0. The Morgan fingerprint density at radius 2 is 2.07 bits per heavy atom. The summed E-state index contributed by atoms with van der Waals surface area (Å²) in [7, 11) is -2.66. The van der Waals surface area contributed by atoms with Gasteiger partial charge < -0.3 is 10.2 Å². The lowest BCUT2D eigenvalue weighted by atomic mass is 10.0. The van der Waals surface area contributed by atoms with Crippen molar-refractivity contribution in [2.75, 3.05) is 23.3 Å². The second kappa shape index (κ2) is 7.04. The Morgan fingerprint density at radius 1 is 1.33 bits per heavy atom. The first-order chi connectivity index (χ1) is 12.5. The van der Waals surface area contributed by atoms with Crippen LogP contribution in [0.4, 0.5) is 24.5 Å². The number of hydrogen-bond acceptors (Lipinski definition) is 5. The van der Waals surface area contributed by atoms with E-state index in [-0.39, 0.29) is 11.7 Å². The molecule has 2 heterocycles. The van der Waals surface area contributed by atoms with Crippen molar-refractivity contribution in [1.82, 2.24) is 9.78 Å². The molecule has 0 aliphatic carbocycles. The SMILES string of the molecule is Cn1cc(N2CCCC(Nc3ccc(S(N)(=O)=O)c(C(F)(F)F)c3)C2)cn1. The highest BCUT2D eigenvalue weighted by Crippen LogP contribution is 2.36. The predicted molar refractivity (Wildman–Crippen MR) is 94.9 cm³/mol. The first-order valence-corrected chi connectivity index (χ1v) is 9.83. The van der Waals surface area contributed by atoms with Crippen LogP contribution in [0.2, 0.25) is 0 Å². The van der Waals surface area contributed by atoms with E-state index in [1.807, 2.05) is 13.2 Å². The molecule has 1 aliphatic heterocycles. The Bertz CT molecular complexity index is 926. The van der Waals surface area contributed by atoms with Crippen LogP contribution in [-0.4, -0.2) is 37.3 Å². The van der Waals surface area contributed by atoms with E-state index in [0.717, 1.165) is 37.2 Å². The van der Waals surface area contributed by atoms with Crippen LogP contribution in [-0.2, 0) is 23.2 Å². The first-order valence-electron chi connectivity index (χ1n) is 8.28. The summed E-state index contributed by atoms with van der Waals surface area (Å²) in [5.41, 5.74) is -0.118. The zero-order valence-electron chi connectivity index (χ0n) is 14.6. The molecule has 27 heavy (non-hydrogen) atoms. The monoisotopic (exact) mass is 403 g/mol. The van der Waals surface area contributed by atoms with Crippen LogP contribution < -0.4 is 15.4 Å². The fourth-order valence-electron chi connectivity index (χ4n) is 3.23. The summed E-state index contributed by atoms with van der Waals surface area (Å²) in [4.78, 5) is 1.18. The van der Waals surface area contributed by atoms with Crippen LogP contribution in [0.3, 0.4) is 0 Å². The minimum Gasteiger partial charge on any atom is -0.381 e. The second-order valence-electron chi connectivity index (χ2n) is 6.56. The molecule has 1 atom stereocenters. The van der Waals surface area contributed by atoms with Crippen molar-refractivity contribution in [3.8, 4) is 0 Å². The van der Waals surface area contributed by atoms with Gasteiger partial charge in [-0.1, -0.05) is 0 Å². The quantitative estimate of drug-likeness (QED) is 0.816. The van der Waals surface area contributed by atoms with E-state index in [9.17, 15) is 21.6 Å². The number of benzene rings is 1. The lowest BCUT2D eigenvalue weighted by Gasteiger charge is -2.34. The number of nitrogens with two attached hydrogens (primary N) is 1. The van der Waals surface area contributed by atoms with Crippen molar-refractivity contribution in [2.45, 2.75) is 30.0 Å². The first kappa shape index (κ1) is 19.5. The van der Waals surface area contributed by atoms with Gasteiger partial charge in [-0.2, -0.15) is 18.3 Å². The van der Waals surface area contributed by atoms with Gasteiger partial charge >= 0.3 is 6.18 Å². The van der Waals surface area contributed by atoms with Gasteiger partial charge in [-0.15, -0.1) is 0 Å². The highest BCUT2D eigenvalue weighted by molar-refractivity contribution is 7.89. The lowest BCUT2D eigenvalue weighted by Crippen LogP contribution is -2.42. The van der Waals surface area contributed by atoms with E-state index >= 15 is 0 Å². The van der Waals surface area contributed by atoms with Crippen LogP contribution in [0.5, 0.6) is 0 Å². The number of sulfonamides is 1. The number of halogens is 3. The van der Waals surface area contributed by atoms with Gasteiger partial charge in [0.2, 0.25) is 10.0 Å². The predicted octanol–water partition coefficient (Wildman–Crippen LogP) is 2.17. The summed E-state index contributed by atoms with van der Waals surface area (Å²) in [6.07, 6.45) is 0.451. The average molecular weight is 403 g/mol. The Morgan fingerprint density at radius 3 is 2.67 bits per heavy atom. The van der Waals surface area contributed by atoms with Gasteiger partial charge in [-0.25, -0.2) is 13.6 Å². The number of nitrogens with one attached hydrogen (secondary N) is 1. The molecule has 0 spiro atoms. The van der Waals surface area contributed by atoms with Crippen LogP contribution in [0, 0.1) is 0 Å². The normalized spacial score (nSPS) is 18.6. The van der Waals surface area contributed by atoms with Crippen molar-refractivity contribution in [3.05, 3.63) is 36.2 Å². The molecule has 1 saturated heterocycles. The third-order valence-corrected chi connectivity index (χ3v) is 5.41. The van der Waals surface area contributed by atoms with E-state index in [1.165, 1.54) is 6.07 Å². The number of nitrogens with zero attached hydrogens (tertiary/aromatic N) is 3. The number of aryl methyl sites for hydroxylation is 1. The molecule has 1 unspecified atom stereocenters. The highest BCUT2D eigenvalue weighted by atomic mass is 32.2. The van der Waals surface area contributed by atoms with Crippen molar-refractivity contribution < 1.29 is 21.6 Å². The van der Waals surface area contributed by atoms with Crippen molar-refractivity contribution in [1.29, 1.82) is 0 Å². The maximum Gasteiger partial charge on any atom is 0.417 e. The molecule has 0 saturated carbocycles. The van der Waals surface area contributed by atoms with Gasteiger partial charge in [0.25, 0.3) is 0 Å². The van der Waals surface area contributed by atoms with Gasteiger partial charge in [0.1, 0.15) is 0 Å². The van der Waals surface area contributed by atoms with Crippen molar-refractivity contribution in [3.63, 3.8) is 0 Å². The lowest BCUT2D eigenvalue weighted by molar-refractivity contribution is -0.139. The average Bonchev–Trinajstić information content (AvgIpc) is 3.00. The molecule has 148 valence electrons. The summed E-state index contributed by atoms with van der Waals surface area (Å²) < 4.78 is 64.4. The Kier molecular flexibility index (Phi) is 5.08. The summed E-state index contributed by atoms with van der Waals surface area (Å²) >= 11 is 0. The number of primary sulfonamides is 1. The topological polar surface area (TPSA) is 93.2 Å². The third-order valence-electron chi connectivity index (χ3n) is 4.44. The Labute approximate surface area is 155 Å². The fraction of sp³-hybridized carbons (Fsp3) is 0.438. The van der Waals surface area contributed by atoms with Crippen molar-refractivity contribution in [2.24, 2.45) is 12.2 Å². The molecule has 1 aromatic carbocycles. The maximum atomic E-state index is 13.3. The van der Waals surface area contributed by atoms with Gasteiger partial charge in [0.15, 0.2) is 0 Å². The number of hydrogen-bond donors (Lipinski definition) is 2. The molecule has 0 radical (unpaired) electrons. The number of anilines is 2. The molecule has 2 aromatic rings. The van der Waals surface area contributed by atoms with Crippen LogP contribution in [0.25, 0.3) is 0 Å². The molecule has 0 amide bonds. The molecule has 0 bridgehead atoms. The third kappa shape index (κ3) is 4.53. The molecule has 1 fully saturated rings. The molecular formula is C16H20F3N5O2S. The molecule has 3 rings (SSSR count). The standard InChI is InChI=1S/C16H20F3N5O2S/c1-23-10-13(8-21-23)24-6-2-3-12(9-24)22-11-4-5-15(27(20,25)26)14(7-11)16(17,18)19/h4-5,7-8,10,12,22H,2-3,6,9H2,1H3,(H2,20,25,26). The number of alkyl halides is 3. The summed E-state index contributed by atoms with van der Waals surface area (Å²) in [5, 5.41) is 12.1. The van der Waals surface area contributed by atoms with Gasteiger partial charge in [-0.05, 0) is 31.0 Å².